The van der Waals surface area contributed by atoms with Crippen LogP contribution >= 0.6 is 0 Å². The smallest absolute Gasteiger partial charge is 0.282 e. The third kappa shape index (κ3) is 3.24. The number of rotatable bonds is 3. The first-order valence-electron chi connectivity index (χ1n) is 9.97. The van der Waals surface area contributed by atoms with E-state index in [4.69, 9.17) is 0 Å². The summed E-state index contributed by atoms with van der Waals surface area (Å²) in [6.45, 7) is 7.85. The van der Waals surface area contributed by atoms with Crippen molar-refractivity contribution in [3.63, 3.8) is 0 Å². The van der Waals surface area contributed by atoms with Crippen LogP contribution in [-0.2, 0) is 9.59 Å². The van der Waals surface area contributed by atoms with Crippen molar-refractivity contribution in [1.29, 1.82) is 0 Å². The van der Waals surface area contributed by atoms with Crippen LogP contribution in [0.3, 0.4) is 0 Å². The average molecular weight is 374 g/mol. The number of hydrogen-bond donors (Lipinski definition) is 0. The predicted octanol–water partition coefficient (Wildman–Crippen LogP) is 4.32. The lowest BCUT2D eigenvalue weighted by Crippen LogP contribution is -2.39. The van der Waals surface area contributed by atoms with E-state index in [0.717, 1.165) is 42.6 Å². The quantitative estimate of drug-likeness (QED) is 0.751. The molecule has 2 aromatic carbocycles. The summed E-state index contributed by atoms with van der Waals surface area (Å²) in [7, 11) is 0. The van der Waals surface area contributed by atoms with Crippen LogP contribution in [0.25, 0.3) is 5.57 Å². The third-order valence-electron chi connectivity index (χ3n) is 5.67. The molecule has 0 aliphatic carbocycles. The Balaban J connectivity index is 1.82. The lowest BCUT2D eigenvalue weighted by atomic mass is 9.97. The highest BCUT2D eigenvalue weighted by molar-refractivity contribution is 6.45. The Bertz CT molecular complexity index is 942. The van der Waals surface area contributed by atoms with E-state index < -0.39 is 0 Å². The molecule has 0 spiro atoms. The number of imide groups is 1. The van der Waals surface area contributed by atoms with Gasteiger partial charge in [-0.2, -0.15) is 0 Å². The molecule has 1 atom stereocenters. The largest absolute Gasteiger partial charge is 0.366 e. The normalized spacial score (nSPS) is 20.3. The number of likely N-dealkylation sites (tertiary alicyclic amines) is 1. The number of benzene rings is 2. The molecule has 0 N–H and O–H groups in total. The van der Waals surface area contributed by atoms with Gasteiger partial charge < -0.3 is 4.90 Å². The van der Waals surface area contributed by atoms with Gasteiger partial charge in [-0.15, -0.1) is 0 Å². The molecule has 0 radical (unpaired) electrons. The van der Waals surface area contributed by atoms with Gasteiger partial charge in [0.2, 0.25) is 0 Å². The molecule has 0 saturated carbocycles. The van der Waals surface area contributed by atoms with Crippen LogP contribution in [0.5, 0.6) is 0 Å². The van der Waals surface area contributed by atoms with Crippen molar-refractivity contribution in [1.82, 2.24) is 4.90 Å². The highest BCUT2D eigenvalue weighted by Crippen LogP contribution is 2.36. The van der Waals surface area contributed by atoms with Crippen molar-refractivity contribution < 1.29 is 9.59 Å². The van der Waals surface area contributed by atoms with E-state index in [2.05, 4.69) is 11.8 Å². The Hall–Kier alpha value is -2.88. The lowest BCUT2D eigenvalue weighted by Gasteiger charge is -2.33. The molecule has 2 aromatic rings. The van der Waals surface area contributed by atoms with Crippen LogP contribution in [0.4, 0.5) is 5.69 Å². The molecule has 144 valence electrons. The molecule has 0 bridgehead atoms. The van der Waals surface area contributed by atoms with Crippen LogP contribution in [0.15, 0.2) is 54.2 Å². The minimum absolute atomic E-state index is 0.210. The Kier molecular flexibility index (Phi) is 4.80. The molecular formula is C24H26N2O2. The topological polar surface area (TPSA) is 40.6 Å². The molecule has 4 heteroatoms. The van der Waals surface area contributed by atoms with Gasteiger partial charge in [-0.3, -0.25) is 9.59 Å². The number of hydrogen-bond acceptors (Lipinski definition) is 3. The van der Waals surface area contributed by atoms with Crippen LogP contribution < -0.4 is 4.90 Å². The number of amides is 2. The number of carbonyl (C=O) groups excluding carboxylic acids is 2. The fourth-order valence-corrected chi connectivity index (χ4v) is 4.11. The highest BCUT2D eigenvalue weighted by atomic mass is 16.2. The summed E-state index contributed by atoms with van der Waals surface area (Å²) < 4.78 is 0. The summed E-state index contributed by atoms with van der Waals surface area (Å²) in [5, 5.41) is 0. The summed E-state index contributed by atoms with van der Waals surface area (Å²) in [6, 6.07) is 15.4. The SMILES string of the molecule is Cc1ccc(C2=C(N3CCCC(C)C3)C(=O)N(c3ccc(C)cc3)C2=O)cc1. The molecule has 4 nitrogen and oxygen atoms in total. The molecule has 2 amide bonds. The van der Waals surface area contributed by atoms with Crippen LogP contribution in [0.1, 0.15) is 36.5 Å². The Labute approximate surface area is 166 Å². The molecule has 1 saturated heterocycles. The zero-order valence-electron chi connectivity index (χ0n) is 16.7. The van der Waals surface area contributed by atoms with Crippen molar-refractivity contribution >= 4 is 23.1 Å². The van der Waals surface area contributed by atoms with Crippen molar-refractivity contribution in [2.45, 2.75) is 33.6 Å². The second kappa shape index (κ2) is 7.27. The lowest BCUT2D eigenvalue weighted by molar-refractivity contribution is -0.120. The minimum Gasteiger partial charge on any atom is -0.366 e. The second-order valence-corrected chi connectivity index (χ2v) is 8.06. The maximum absolute atomic E-state index is 13.5. The molecular weight excluding hydrogens is 348 g/mol. The number of aryl methyl sites for hydroxylation is 2. The van der Waals surface area contributed by atoms with E-state index in [1.54, 1.807) is 0 Å². The van der Waals surface area contributed by atoms with Gasteiger partial charge in [0.15, 0.2) is 0 Å². The fraction of sp³-hybridized carbons (Fsp3) is 0.333. The van der Waals surface area contributed by atoms with Gasteiger partial charge in [0.05, 0.1) is 11.3 Å². The van der Waals surface area contributed by atoms with Gasteiger partial charge >= 0.3 is 0 Å². The van der Waals surface area contributed by atoms with Crippen molar-refractivity contribution in [3.8, 4) is 0 Å². The first kappa shape index (κ1) is 18.5. The van der Waals surface area contributed by atoms with Gasteiger partial charge in [-0.25, -0.2) is 4.90 Å². The number of carbonyl (C=O) groups is 2. The number of anilines is 1. The summed E-state index contributed by atoms with van der Waals surface area (Å²) in [5.41, 5.74) is 4.75. The van der Waals surface area contributed by atoms with Crippen molar-refractivity contribution in [2.24, 2.45) is 5.92 Å². The van der Waals surface area contributed by atoms with E-state index in [1.165, 1.54) is 4.90 Å². The second-order valence-electron chi connectivity index (χ2n) is 8.06. The summed E-state index contributed by atoms with van der Waals surface area (Å²) in [6.07, 6.45) is 2.20. The third-order valence-corrected chi connectivity index (χ3v) is 5.67. The van der Waals surface area contributed by atoms with E-state index in [1.807, 2.05) is 62.4 Å². The number of nitrogens with zero attached hydrogens (tertiary/aromatic N) is 2. The number of piperidine rings is 1. The van der Waals surface area contributed by atoms with E-state index >= 15 is 0 Å². The Morgan fingerprint density at radius 3 is 2.07 bits per heavy atom. The fourth-order valence-electron chi connectivity index (χ4n) is 4.11. The minimum atomic E-state index is -0.231. The molecule has 28 heavy (non-hydrogen) atoms. The molecule has 2 aliphatic rings. The van der Waals surface area contributed by atoms with Crippen LogP contribution in [0, 0.1) is 19.8 Å². The van der Waals surface area contributed by atoms with Crippen LogP contribution in [-0.4, -0.2) is 29.8 Å². The molecule has 2 heterocycles. The molecule has 0 aromatic heterocycles. The summed E-state index contributed by atoms with van der Waals surface area (Å²) in [4.78, 5) is 30.4. The van der Waals surface area contributed by atoms with E-state index in [-0.39, 0.29) is 11.8 Å². The van der Waals surface area contributed by atoms with Gasteiger partial charge in [0.25, 0.3) is 11.8 Å². The van der Waals surface area contributed by atoms with E-state index in [9.17, 15) is 9.59 Å². The first-order chi connectivity index (χ1) is 13.5. The zero-order valence-corrected chi connectivity index (χ0v) is 16.7. The van der Waals surface area contributed by atoms with Gasteiger partial charge in [0, 0.05) is 13.1 Å². The Morgan fingerprint density at radius 2 is 1.46 bits per heavy atom. The van der Waals surface area contributed by atoms with Crippen molar-refractivity contribution in [2.75, 3.05) is 18.0 Å². The van der Waals surface area contributed by atoms with Gasteiger partial charge in [-0.05, 0) is 50.3 Å². The molecule has 4 rings (SSSR count). The monoisotopic (exact) mass is 374 g/mol. The van der Waals surface area contributed by atoms with Crippen LogP contribution in [0.2, 0.25) is 0 Å². The molecule has 2 aliphatic heterocycles. The predicted molar refractivity (Wildman–Crippen MR) is 112 cm³/mol. The average Bonchev–Trinajstić information content (AvgIpc) is 2.94. The van der Waals surface area contributed by atoms with Gasteiger partial charge in [0.1, 0.15) is 5.70 Å². The summed E-state index contributed by atoms with van der Waals surface area (Å²) in [5.74, 6) is 0.0707. The van der Waals surface area contributed by atoms with Crippen molar-refractivity contribution in [3.05, 3.63) is 70.9 Å². The maximum Gasteiger partial charge on any atom is 0.282 e. The molecule has 1 fully saturated rings. The Morgan fingerprint density at radius 1 is 0.857 bits per heavy atom. The summed E-state index contributed by atoms with van der Waals surface area (Å²) >= 11 is 0. The van der Waals surface area contributed by atoms with Gasteiger partial charge in [-0.1, -0.05) is 54.4 Å². The van der Waals surface area contributed by atoms with E-state index in [0.29, 0.717) is 22.9 Å². The zero-order chi connectivity index (χ0) is 19.8. The first-order valence-corrected chi connectivity index (χ1v) is 9.97. The maximum atomic E-state index is 13.5. The standard InChI is InChI=1S/C24H26N2O2/c1-16-6-10-19(11-7-16)21-22(25-14-4-5-18(3)15-25)24(28)26(23(21)27)20-12-8-17(2)9-13-20/h6-13,18H,4-5,14-15H2,1-3H3. The highest BCUT2D eigenvalue weighted by Gasteiger charge is 2.43. The molecule has 1 unspecified atom stereocenters.